The smallest absolute Gasteiger partial charge is 0.346 e. The SMILES string of the molecule is C=CCOc1ccc(C2CC(=O)Nc3c2sc(C(=O)O)c3-c2ccc(C)cc2)cc1. The number of rotatable bonds is 6. The maximum atomic E-state index is 12.5. The van der Waals surface area contributed by atoms with Crippen molar-refractivity contribution in [1.82, 2.24) is 0 Å². The van der Waals surface area contributed by atoms with Crippen LogP contribution >= 0.6 is 11.3 Å². The maximum absolute atomic E-state index is 12.5. The first-order valence-corrected chi connectivity index (χ1v) is 10.4. The molecule has 30 heavy (non-hydrogen) atoms. The lowest BCUT2D eigenvalue weighted by molar-refractivity contribution is -0.116. The molecule has 2 N–H and O–H groups in total. The minimum absolute atomic E-state index is 0.123. The van der Waals surface area contributed by atoms with E-state index in [4.69, 9.17) is 4.74 Å². The molecule has 0 fully saturated rings. The van der Waals surface area contributed by atoms with E-state index in [1.54, 1.807) is 6.08 Å². The van der Waals surface area contributed by atoms with Gasteiger partial charge in [-0.3, -0.25) is 4.79 Å². The zero-order chi connectivity index (χ0) is 21.3. The monoisotopic (exact) mass is 419 g/mol. The normalized spacial score (nSPS) is 15.2. The van der Waals surface area contributed by atoms with Crippen LogP contribution in [0.5, 0.6) is 5.75 Å². The summed E-state index contributed by atoms with van der Waals surface area (Å²) in [5.74, 6) is -0.602. The van der Waals surface area contributed by atoms with Crippen LogP contribution in [-0.4, -0.2) is 23.6 Å². The number of thiophene rings is 1. The molecule has 1 atom stereocenters. The van der Waals surface area contributed by atoms with Crippen molar-refractivity contribution >= 4 is 28.9 Å². The van der Waals surface area contributed by atoms with Crippen LogP contribution in [0.2, 0.25) is 0 Å². The molecular formula is C24H21NO4S. The second-order valence-electron chi connectivity index (χ2n) is 7.19. The van der Waals surface area contributed by atoms with Crippen LogP contribution in [0.4, 0.5) is 5.69 Å². The Kier molecular flexibility index (Phi) is 5.42. The molecule has 0 bridgehead atoms. The van der Waals surface area contributed by atoms with Gasteiger partial charge in [-0.25, -0.2) is 4.79 Å². The second kappa shape index (κ2) is 8.16. The number of aryl methyl sites for hydroxylation is 1. The number of benzene rings is 2. The number of nitrogens with one attached hydrogen (secondary N) is 1. The van der Waals surface area contributed by atoms with Crippen molar-refractivity contribution < 1.29 is 19.4 Å². The van der Waals surface area contributed by atoms with E-state index in [0.717, 1.165) is 27.3 Å². The molecule has 0 saturated heterocycles. The van der Waals surface area contributed by atoms with Gasteiger partial charge >= 0.3 is 5.97 Å². The Morgan fingerprint density at radius 2 is 1.93 bits per heavy atom. The minimum atomic E-state index is -0.994. The second-order valence-corrected chi connectivity index (χ2v) is 8.24. The lowest BCUT2D eigenvalue weighted by Gasteiger charge is -2.24. The fourth-order valence-corrected chi connectivity index (χ4v) is 4.90. The first kappa shape index (κ1) is 19.9. The number of carbonyl (C=O) groups excluding carboxylic acids is 1. The van der Waals surface area contributed by atoms with Gasteiger partial charge in [0.15, 0.2) is 0 Å². The van der Waals surface area contributed by atoms with Gasteiger partial charge < -0.3 is 15.2 Å². The Bertz CT molecular complexity index is 1110. The van der Waals surface area contributed by atoms with E-state index in [-0.39, 0.29) is 23.1 Å². The summed E-state index contributed by atoms with van der Waals surface area (Å²) in [5, 5.41) is 12.8. The molecule has 2 aromatic carbocycles. The Balaban J connectivity index is 1.80. The van der Waals surface area contributed by atoms with E-state index >= 15 is 0 Å². The standard InChI is InChI=1S/C24H21NO4S/c1-3-12-29-17-10-8-15(9-11-17)18-13-19(26)25-21-20(16-6-4-14(2)5-7-16)23(24(27)28)30-22(18)21/h3-11,18H,1,12-13H2,2H3,(H,25,26)(H,27,28). The Hall–Kier alpha value is -3.38. The van der Waals surface area contributed by atoms with Crippen LogP contribution in [0, 0.1) is 6.92 Å². The zero-order valence-corrected chi connectivity index (χ0v) is 17.3. The zero-order valence-electron chi connectivity index (χ0n) is 16.5. The van der Waals surface area contributed by atoms with Gasteiger partial charge in [0, 0.05) is 22.8 Å². The largest absolute Gasteiger partial charge is 0.490 e. The van der Waals surface area contributed by atoms with Crippen LogP contribution in [-0.2, 0) is 4.79 Å². The Morgan fingerprint density at radius 3 is 2.57 bits per heavy atom. The number of hydrogen-bond donors (Lipinski definition) is 2. The highest BCUT2D eigenvalue weighted by Gasteiger charge is 2.34. The third kappa shape index (κ3) is 3.74. The molecule has 1 aromatic heterocycles. The van der Waals surface area contributed by atoms with E-state index < -0.39 is 5.97 Å². The number of ether oxygens (including phenoxy) is 1. The van der Waals surface area contributed by atoms with Crippen molar-refractivity contribution in [2.75, 3.05) is 11.9 Å². The minimum Gasteiger partial charge on any atom is -0.490 e. The van der Waals surface area contributed by atoms with Gasteiger partial charge in [0.2, 0.25) is 5.91 Å². The van der Waals surface area contributed by atoms with E-state index in [1.165, 1.54) is 11.3 Å². The fraction of sp³-hybridized carbons (Fsp3) is 0.167. The lowest BCUT2D eigenvalue weighted by atomic mass is 9.88. The van der Waals surface area contributed by atoms with Crippen LogP contribution in [0.15, 0.2) is 61.2 Å². The van der Waals surface area contributed by atoms with Gasteiger partial charge in [0.05, 0.1) is 5.69 Å². The average Bonchev–Trinajstić information content (AvgIpc) is 3.12. The molecule has 1 unspecified atom stereocenters. The van der Waals surface area contributed by atoms with E-state index in [0.29, 0.717) is 17.9 Å². The number of fused-ring (bicyclic) bond motifs is 1. The van der Waals surface area contributed by atoms with Gasteiger partial charge in [-0.1, -0.05) is 54.6 Å². The molecule has 152 valence electrons. The van der Waals surface area contributed by atoms with E-state index in [2.05, 4.69) is 11.9 Å². The molecule has 1 aliphatic rings. The Morgan fingerprint density at radius 1 is 1.23 bits per heavy atom. The van der Waals surface area contributed by atoms with Crippen LogP contribution < -0.4 is 10.1 Å². The third-order valence-electron chi connectivity index (χ3n) is 5.09. The molecule has 0 radical (unpaired) electrons. The maximum Gasteiger partial charge on any atom is 0.346 e. The van der Waals surface area contributed by atoms with Crippen molar-refractivity contribution in [3.8, 4) is 16.9 Å². The summed E-state index contributed by atoms with van der Waals surface area (Å²) in [6.45, 7) is 6.03. The number of carboxylic acid groups (broad SMARTS) is 1. The number of carbonyl (C=O) groups is 2. The summed E-state index contributed by atoms with van der Waals surface area (Å²) in [6, 6.07) is 15.2. The van der Waals surface area contributed by atoms with Gasteiger partial charge in [-0.05, 0) is 30.2 Å². The third-order valence-corrected chi connectivity index (χ3v) is 6.38. The quantitative estimate of drug-likeness (QED) is 0.520. The highest BCUT2D eigenvalue weighted by Crippen LogP contribution is 2.49. The van der Waals surface area contributed by atoms with Crippen LogP contribution in [0.1, 0.15) is 38.0 Å². The van der Waals surface area contributed by atoms with E-state index in [1.807, 2.05) is 55.5 Å². The predicted molar refractivity (Wildman–Crippen MR) is 119 cm³/mol. The van der Waals surface area contributed by atoms with Crippen molar-refractivity contribution in [2.45, 2.75) is 19.3 Å². The molecule has 3 aromatic rings. The first-order chi connectivity index (χ1) is 14.5. The fourth-order valence-electron chi connectivity index (χ4n) is 3.65. The molecule has 0 saturated carbocycles. The van der Waals surface area contributed by atoms with Crippen LogP contribution in [0.3, 0.4) is 0 Å². The number of carboxylic acids is 1. The molecule has 1 amide bonds. The van der Waals surface area contributed by atoms with Gasteiger partial charge in [0.25, 0.3) is 0 Å². The molecule has 2 heterocycles. The molecule has 5 nitrogen and oxygen atoms in total. The summed E-state index contributed by atoms with van der Waals surface area (Å²) in [4.78, 5) is 25.7. The predicted octanol–water partition coefficient (Wildman–Crippen LogP) is 5.46. The summed E-state index contributed by atoms with van der Waals surface area (Å²) in [6.07, 6.45) is 1.95. The van der Waals surface area contributed by atoms with Crippen molar-refractivity contribution in [3.05, 3.63) is 82.1 Å². The topological polar surface area (TPSA) is 75.6 Å². The number of anilines is 1. The molecular weight excluding hydrogens is 398 g/mol. The summed E-state index contributed by atoms with van der Waals surface area (Å²) < 4.78 is 5.54. The molecule has 0 aliphatic carbocycles. The summed E-state index contributed by atoms with van der Waals surface area (Å²) in [7, 11) is 0. The average molecular weight is 420 g/mol. The highest BCUT2D eigenvalue weighted by molar-refractivity contribution is 7.15. The van der Waals surface area contributed by atoms with Crippen molar-refractivity contribution in [3.63, 3.8) is 0 Å². The van der Waals surface area contributed by atoms with Crippen molar-refractivity contribution in [2.24, 2.45) is 0 Å². The lowest BCUT2D eigenvalue weighted by Crippen LogP contribution is -2.22. The summed E-state index contributed by atoms with van der Waals surface area (Å²) in [5.41, 5.74) is 4.00. The molecule has 1 aliphatic heterocycles. The van der Waals surface area contributed by atoms with Gasteiger partial charge in [0.1, 0.15) is 17.2 Å². The van der Waals surface area contributed by atoms with Gasteiger partial charge in [-0.2, -0.15) is 0 Å². The summed E-state index contributed by atoms with van der Waals surface area (Å²) >= 11 is 1.23. The van der Waals surface area contributed by atoms with E-state index in [9.17, 15) is 14.7 Å². The Labute approximate surface area is 178 Å². The molecule has 0 spiro atoms. The number of amides is 1. The molecule has 4 rings (SSSR count). The number of aromatic carboxylic acids is 1. The highest BCUT2D eigenvalue weighted by atomic mass is 32.1. The first-order valence-electron chi connectivity index (χ1n) is 9.58. The van der Waals surface area contributed by atoms with Crippen molar-refractivity contribution in [1.29, 1.82) is 0 Å². The number of hydrogen-bond acceptors (Lipinski definition) is 4. The van der Waals surface area contributed by atoms with Gasteiger partial charge in [-0.15, -0.1) is 11.3 Å². The van der Waals surface area contributed by atoms with Crippen LogP contribution in [0.25, 0.3) is 11.1 Å². The molecule has 6 heteroatoms.